The van der Waals surface area contributed by atoms with Gasteiger partial charge in [-0.25, -0.2) is 9.59 Å². The van der Waals surface area contributed by atoms with Crippen molar-refractivity contribution in [1.29, 1.82) is 0 Å². The molecule has 0 bridgehead atoms. The van der Waals surface area contributed by atoms with Crippen LogP contribution in [0.5, 0.6) is 0 Å². The van der Waals surface area contributed by atoms with E-state index in [-0.39, 0.29) is 23.8 Å². The average molecular weight is 760 g/mol. The maximum Gasteiger partial charge on any atom is 0.338 e. The van der Waals surface area contributed by atoms with E-state index >= 15 is 0 Å². The lowest BCUT2D eigenvalue weighted by atomic mass is 9.83. The van der Waals surface area contributed by atoms with Gasteiger partial charge in [0.25, 0.3) is 0 Å². The highest BCUT2D eigenvalue weighted by Crippen LogP contribution is 2.35. The zero-order valence-corrected chi connectivity index (χ0v) is 30.7. The third kappa shape index (κ3) is 9.68. The molecule has 2 aliphatic rings. The molecule has 3 aromatic rings. The summed E-state index contributed by atoms with van der Waals surface area (Å²) in [5.41, 5.74) is 9.86. The van der Waals surface area contributed by atoms with E-state index in [9.17, 15) is 9.59 Å². The summed E-state index contributed by atoms with van der Waals surface area (Å²) >= 11 is 16.4. The average Bonchev–Trinajstić information content (AvgIpc) is 3.11. The van der Waals surface area contributed by atoms with Gasteiger partial charge in [0.05, 0.1) is 40.2 Å². The quantitative estimate of drug-likeness (QED) is 0.132. The number of halogens is 3. The zero-order valence-electron chi connectivity index (χ0n) is 27.6. The molecule has 5 rings (SSSR count). The van der Waals surface area contributed by atoms with Crippen LogP contribution < -0.4 is 11.1 Å². The molecule has 2 saturated carbocycles. The number of carbonyl (C=O) groups excluding carboxylic acids is 2. The Kier molecular flexibility index (Phi) is 13.5. The lowest BCUT2D eigenvalue weighted by molar-refractivity contribution is -0.146. The minimum atomic E-state index is -0.759. The SMILES string of the molecule is CCN(Cc1cc(C(=O)OCC2CCC(COC(=O)C(Nc3c(Cl)cccc3Cl)c3ccccc3)CC2)cc(Br)c1N)C1CCCCC1. The summed E-state index contributed by atoms with van der Waals surface area (Å²) in [4.78, 5) is 29.0. The second kappa shape index (κ2) is 17.7. The van der Waals surface area contributed by atoms with Crippen molar-refractivity contribution in [2.24, 2.45) is 11.8 Å². The summed E-state index contributed by atoms with van der Waals surface area (Å²) in [7, 11) is 0. The molecule has 7 nitrogen and oxygen atoms in total. The Morgan fingerprint density at radius 3 is 2.15 bits per heavy atom. The highest BCUT2D eigenvalue weighted by molar-refractivity contribution is 9.10. The number of hydrogen-bond acceptors (Lipinski definition) is 7. The van der Waals surface area contributed by atoms with Crippen LogP contribution in [0.25, 0.3) is 0 Å². The zero-order chi connectivity index (χ0) is 34.0. The van der Waals surface area contributed by atoms with Crippen LogP contribution in [0.4, 0.5) is 11.4 Å². The number of rotatable bonds is 13. The van der Waals surface area contributed by atoms with E-state index in [1.54, 1.807) is 24.3 Å². The Labute approximate surface area is 303 Å². The van der Waals surface area contributed by atoms with E-state index in [1.165, 1.54) is 32.1 Å². The fourth-order valence-corrected chi connectivity index (χ4v) is 7.92. The van der Waals surface area contributed by atoms with Gasteiger partial charge in [0.15, 0.2) is 6.04 Å². The van der Waals surface area contributed by atoms with Gasteiger partial charge in [-0.15, -0.1) is 0 Å². The maximum atomic E-state index is 13.4. The summed E-state index contributed by atoms with van der Waals surface area (Å²) in [5.74, 6) is -0.210. The predicted octanol–water partition coefficient (Wildman–Crippen LogP) is 9.85. The van der Waals surface area contributed by atoms with Gasteiger partial charge in [0.2, 0.25) is 0 Å². The van der Waals surface area contributed by atoms with Gasteiger partial charge in [-0.3, -0.25) is 4.90 Å². The molecule has 0 radical (unpaired) electrons. The lowest BCUT2D eigenvalue weighted by Gasteiger charge is -2.34. The number of anilines is 2. The van der Waals surface area contributed by atoms with Crippen molar-refractivity contribution in [3.63, 3.8) is 0 Å². The number of benzene rings is 3. The summed E-state index contributed by atoms with van der Waals surface area (Å²) in [6, 6.07) is 18.1. The van der Waals surface area contributed by atoms with Crippen LogP contribution >= 0.6 is 39.1 Å². The molecule has 0 saturated heterocycles. The molecule has 0 heterocycles. The minimum absolute atomic E-state index is 0.238. The van der Waals surface area contributed by atoms with E-state index < -0.39 is 6.04 Å². The summed E-state index contributed by atoms with van der Waals surface area (Å²) < 4.78 is 12.4. The molecule has 3 N–H and O–H groups in total. The van der Waals surface area contributed by atoms with Crippen LogP contribution in [0, 0.1) is 11.8 Å². The molecular formula is C38H46BrCl2N3O4. The number of hydrogen-bond donors (Lipinski definition) is 2. The van der Waals surface area contributed by atoms with Gasteiger partial charge >= 0.3 is 11.9 Å². The number of nitrogen functional groups attached to an aromatic ring is 1. The maximum absolute atomic E-state index is 13.4. The molecule has 1 atom stereocenters. The Hall–Kier alpha value is -2.78. The Morgan fingerprint density at radius 1 is 0.896 bits per heavy atom. The summed E-state index contributed by atoms with van der Waals surface area (Å²) in [6.45, 7) is 4.54. The van der Waals surface area contributed by atoms with Crippen LogP contribution in [0.3, 0.4) is 0 Å². The highest BCUT2D eigenvalue weighted by atomic mass is 79.9. The Balaban J connectivity index is 1.11. The van der Waals surface area contributed by atoms with Crippen LogP contribution in [-0.4, -0.2) is 42.6 Å². The fraction of sp³-hybridized carbons (Fsp3) is 0.474. The smallest absolute Gasteiger partial charge is 0.338 e. The van der Waals surface area contributed by atoms with E-state index in [4.69, 9.17) is 38.4 Å². The first kappa shape index (κ1) is 36.5. The molecule has 3 aromatic carbocycles. The van der Waals surface area contributed by atoms with Crippen molar-refractivity contribution in [2.45, 2.75) is 83.3 Å². The van der Waals surface area contributed by atoms with Crippen molar-refractivity contribution in [2.75, 3.05) is 30.8 Å². The van der Waals surface area contributed by atoms with Crippen LogP contribution in [0.15, 0.2) is 65.1 Å². The number of nitrogens with one attached hydrogen (secondary N) is 1. The molecule has 2 aliphatic carbocycles. The van der Waals surface area contributed by atoms with Gasteiger partial charge in [0, 0.05) is 17.1 Å². The van der Waals surface area contributed by atoms with Crippen molar-refractivity contribution in [1.82, 2.24) is 4.90 Å². The van der Waals surface area contributed by atoms with Crippen LogP contribution in [-0.2, 0) is 20.8 Å². The van der Waals surface area contributed by atoms with Crippen LogP contribution in [0.1, 0.15) is 92.2 Å². The van der Waals surface area contributed by atoms with Gasteiger partial charge in [0.1, 0.15) is 0 Å². The summed E-state index contributed by atoms with van der Waals surface area (Å²) in [5, 5.41) is 4.06. The third-order valence-corrected chi connectivity index (χ3v) is 11.1. The first-order valence-corrected chi connectivity index (χ1v) is 18.7. The van der Waals surface area contributed by atoms with Crippen molar-refractivity contribution in [3.05, 3.63) is 91.9 Å². The molecule has 0 aromatic heterocycles. The van der Waals surface area contributed by atoms with Gasteiger partial charge in [-0.1, -0.05) is 85.8 Å². The van der Waals surface area contributed by atoms with Crippen molar-refractivity contribution in [3.8, 4) is 0 Å². The molecule has 0 spiro atoms. The van der Waals surface area contributed by atoms with E-state index in [0.29, 0.717) is 46.2 Å². The predicted molar refractivity (Wildman–Crippen MR) is 197 cm³/mol. The monoisotopic (exact) mass is 757 g/mol. The van der Waals surface area contributed by atoms with Crippen molar-refractivity contribution < 1.29 is 19.1 Å². The number of ether oxygens (including phenoxy) is 2. The van der Waals surface area contributed by atoms with Crippen LogP contribution in [0.2, 0.25) is 10.0 Å². The standard InChI is InChI=1S/C38H46BrCl2N3O4/c1-2-44(30-12-7-4-8-13-30)22-29-20-28(21-31(39)34(29)42)37(45)47-23-25-16-18-26(19-17-25)24-48-38(46)35(27-10-5-3-6-11-27)43-36-32(40)14-9-15-33(36)41/h3,5-6,9-11,14-15,20-21,25-26,30,35,43H,2,4,7-8,12-13,16-19,22-24,42H2,1H3. The second-order valence-electron chi connectivity index (χ2n) is 13.1. The van der Waals surface area contributed by atoms with Gasteiger partial charge < -0.3 is 20.5 Å². The fourth-order valence-electron chi connectivity index (χ4n) is 6.92. The summed E-state index contributed by atoms with van der Waals surface area (Å²) in [6.07, 6.45) is 9.85. The number of carbonyl (C=O) groups is 2. The lowest BCUT2D eigenvalue weighted by Crippen LogP contribution is -2.36. The Morgan fingerprint density at radius 2 is 1.52 bits per heavy atom. The highest BCUT2D eigenvalue weighted by Gasteiger charge is 2.28. The number of nitrogens with two attached hydrogens (primary N) is 1. The number of nitrogens with zero attached hydrogens (tertiary/aromatic N) is 1. The molecular weight excluding hydrogens is 713 g/mol. The van der Waals surface area contributed by atoms with Gasteiger partial charge in [-0.2, -0.15) is 0 Å². The number of esters is 2. The topological polar surface area (TPSA) is 93.9 Å². The molecule has 0 aliphatic heterocycles. The van der Waals surface area contributed by atoms with E-state index in [0.717, 1.165) is 54.4 Å². The molecule has 48 heavy (non-hydrogen) atoms. The van der Waals surface area contributed by atoms with E-state index in [1.807, 2.05) is 36.4 Å². The first-order chi connectivity index (χ1) is 23.2. The minimum Gasteiger partial charge on any atom is -0.464 e. The first-order valence-electron chi connectivity index (χ1n) is 17.1. The number of para-hydroxylation sites is 1. The molecule has 1 unspecified atom stereocenters. The second-order valence-corrected chi connectivity index (χ2v) is 14.8. The van der Waals surface area contributed by atoms with Crippen molar-refractivity contribution >= 4 is 62.4 Å². The molecule has 2 fully saturated rings. The molecule has 258 valence electrons. The normalized spacial score (nSPS) is 19.1. The Bertz CT molecular complexity index is 1510. The largest absolute Gasteiger partial charge is 0.464 e. The third-order valence-electron chi connectivity index (χ3n) is 9.82. The molecule has 10 heteroatoms. The molecule has 0 amide bonds. The van der Waals surface area contributed by atoms with E-state index in [2.05, 4.69) is 33.1 Å². The van der Waals surface area contributed by atoms with Gasteiger partial charge in [-0.05, 0) is 108 Å².